The predicted molar refractivity (Wildman–Crippen MR) is 53.2 cm³/mol. The second-order valence-corrected chi connectivity index (χ2v) is 5.80. The summed E-state index contributed by atoms with van der Waals surface area (Å²) >= 11 is 6.47. The van der Waals surface area contributed by atoms with E-state index in [0.29, 0.717) is 5.75 Å². The molecular weight excluding hydrogens is 260 g/mol. The van der Waals surface area contributed by atoms with E-state index in [0.717, 1.165) is 8.79 Å². The van der Waals surface area contributed by atoms with Crippen LogP contribution in [0.4, 0.5) is 0 Å². The van der Waals surface area contributed by atoms with Gasteiger partial charge >= 0.3 is 0 Å². The summed E-state index contributed by atoms with van der Waals surface area (Å²) in [6.07, 6.45) is 1.75. The average molecular weight is 265 g/mol. The highest BCUT2D eigenvalue weighted by Crippen LogP contribution is 2.34. The van der Waals surface area contributed by atoms with Gasteiger partial charge in [0.15, 0.2) is 0 Å². The largest absolute Gasteiger partial charge is 0.337 e. The summed E-state index contributed by atoms with van der Waals surface area (Å²) in [5.41, 5.74) is 0. The van der Waals surface area contributed by atoms with E-state index < -0.39 is 0 Å². The van der Waals surface area contributed by atoms with Gasteiger partial charge in [-0.05, 0) is 15.9 Å². The maximum Gasteiger partial charge on any atom is 0.231 e. The van der Waals surface area contributed by atoms with Crippen LogP contribution in [0.25, 0.3) is 0 Å². The quantitative estimate of drug-likeness (QED) is 0.841. The fraction of sp³-hybridized carbons (Fsp3) is 0.333. The Morgan fingerprint density at radius 3 is 3.08 bits per heavy atom. The molecule has 0 spiro atoms. The molecule has 0 radical (unpaired) electrons. The molecule has 0 bridgehead atoms. The molecule has 1 amide bonds. The van der Waals surface area contributed by atoms with Crippen molar-refractivity contribution in [2.24, 2.45) is 0 Å². The predicted octanol–water partition coefficient (Wildman–Crippen LogP) is 1.77. The molecule has 1 unspecified atom stereocenters. The lowest BCUT2D eigenvalue weighted by atomic mass is 10.6. The Morgan fingerprint density at radius 1 is 1.75 bits per heavy atom. The maximum absolute atomic E-state index is 10.9. The maximum atomic E-state index is 10.9. The van der Waals surface area contributed by atoms with Crippen molar-refractivity contribution in [3.63, 3.8) is 0 Å². The normalized spacial score (nSPS) is 22.8. The lowest BCUT2D eigenvalue weighted by Gasteiger charge is -2.02. The van der Waals surface area contributed by atoms with E-state index in [2.05, 4.69) is 26.2 Å². The van der Waals surface area contributed by atoms with Gasteiger partial charge in [0.25, 0.3) is 0 Å². The molecule has 1 aromatic rings. The summed E-state index contributed by atoms with van der Waals surface area (Å²) < 4.78 is 0.999. The molecule has 12 heavy (non-hydrogen) atoms. The van der Waals surface area contributed by atoms with Crippen LogP contribution in [-0.2, 0) is 4.79 Å². The van der Waals surface area contributed by atoms with E-state index in [4.69, 9.17) is 0 Å². The Hall–Kier alpha value is -0.0700. The number of thiazole rings is 1. The van der Waals surface area contributed by atoms with E-state index in [-0.39, 0.29) is 11.3 Å². The zero-order valence-electron chi connectivity index (χ0n) is 5.91. The van der Waals surface area contributed by atoms with Crippen LogP contribution < -0.4 is 5.32 Å². The highest BCUT2D eigenvalue weighted by atomic mass is 79.9. The fourth-order valence-corrected chi connectivity index (χ4v) is 3.25. The Morgan fingerprint density at radius 2 is 2.58 bits per heavy atom. The molecule has 1 aliphatic heterocycles. The van der Waals surface area contributed by atoms with Crippen molar-refractivity contribution >= 4 is 44.9 Å². The second-order valence-electron chi connectivity index (χ2n) is 2.26. The highest BCUT2D eigenvalue weighted by molar-refractivity contribution is 9.11. The van der Waals surface area contributed by atoms with Gasteiger partial charge in [-0.25, -0.2) is 4.98 Å². The molecule has 1 fully saturated rings. The van der Waals surface area contributed by atoms with Gasteiger partial charge in [-0.1, -0.05) is 0 Å². The van der Waals surface area contributed by atoms with Crippen molar-refractivity contribution in [1.82, 2.24) is 10.3 Å². The van der Waals surface area contributed by atoms with Gasteiger partial charge in [0.05, 0.1) is 15.7 Å². The smallest absolute Gasteiger partial charge is 0.231 e. The van der Waals surface area contributed by atoms with Crippen LogP contribution in [0.15, 0.2) is 9.98 Å². The number of nitrogens with zero attached hydrogens (tertiary/aromatic N) is 1. The van der Waals surface area contributed by atoms with Crippen molar-refractivity contribution < 1.29 is 4.79 Å². The summed E-state index contributed by atoms with van der Waals surface area (Å²) in [6.45, 7) is 0. The van der Waals surface area contributed by atoms with E-state index in [1.165, 1.54) is 0 Å². The lowest BCUT2D eigenvalue weighted by Crippen LogP contribution is -2.18. The Labute approximate surface area is 86.1 Å². The van der Waals surface area contributed by atoms with Crippen molar-refractivity contribution in [2.75, 3.05) is 5.75 Å². The molecule has 3 nitrogen and oxygen atoms in total. The first-order valence-electron chi connectivity index (χ1n) is 3.28. The van der Waals surface area contributed by atoms with Crippen molar-refractivity contribution in [2.45, 2.75) is 5.37 Å². The fourth-order valence-electron chi connectivity index (χ4n) is 0.910. The first kappa shape index (κ1) is 8.52. The average Bonchev–Trinajstić information content (AvgIpc) is 2.58. The minimum absolute atomic E-state index is 0.0637. The molecule has 6 heteroatoms. The van der Waals surface area contributed by atoms with Crippen LogP contribution in [-0.4, -0.2) is 16.6 Å². The van der Waals surface area contributed by atoms with Gasteiger partial charge in [0, 0.05) is 0 Å². The first-order valence-corrected chi connectivity index (χ1v) is 5.94. The third kappa shape index (κ3) is 1.65. The number of nitrogens with one attached hydrogen (secondary N) is 1. The summed E-state index contributed by atoms with van der Waals surface area (Å²) in [5.74, 6) is 0.637. The van der Waals surface area contributed by atoms with Crippen molar-refractivity contribution in [3.05, 3.63) is 15.0 Å². The van der Waals surface area contributed by atoms with Gasteiger partial charge in [-0.3, -0.25) is 4.79 Å². The van der Waals surface area contributed by atoms with E-state index >= 15 is 0 Å². The van der Waals surface area contributed by atoms with Gasteiger partial charge in [0.1, 0.15) is 10.4 Å². The number of thioether (sulfide) groups is 1. The Kier molecular flexibility index (Phi) is 2.38. The Bertz CT molecular complexity index is 314. The number of carbonyl (C=O) groups is 1. The molecule has 1 atom stereocenters. The van der Waals surface area contributed by atoms with Gasteiger partial charge in [-0.2, -0.15) is 0 Å². The molecule has 1 aromatic heterocycles. The molecule has 0 saturated carbocycles. The number of aromatic nitrogens is 1. The minimum atomic E-state index is 0.0637. The van der Waals surface area contributed by atoms with E-state index in [1.807, 2.05) is 0 Å². The zero-order chi connectivity index (χ0) is 8.55. The van der Waals surface area contributed by atoms with Gasteiger partial charge in [-0.15, -0.1) is 23.1 Å². The lowest BCUT2D eigenvalue weighted by molar-refractivity contribution is -0.118. The molecule has 1 N–H and O–H groups in total. The molecular formula is C6H5BrN2OS2. The first-order chi connectivity index (χ1) is 5.75. The number of amides is 1. The summed E-state index contributed by atoms with van der Waals surface area (Å²) in [5, 5.41) is 3.85. The molecule has 1 aliphatic rings. The Balaban J connectivity index is 2.15. The zero-order valence-corrected chi connectivity index (χ0v) is 9.13. The number of rotatable bonds is 1. The van der Waals surface area contributed by atoms with Crippen LogP contribution in [0.5, 0.6) is 0 Å². The number of halogens is 1. The molecule has 0 aliphatic carbocycles. The van der Waals surface area contributed by atoms with Crippen LogP contribution in [0.3, 0.4) is 0 Å². The van der Waals surface area contributed by atoms with E-state index in [9.17, 15) is 4.79 Å². The molecule has 2 heterocycles. The highest BCUT2D eigenvalue weighted by Gasteiger charge is 2.25. The monoisotopic (exact) mass is 264 g/mol. The summed E-state index contributed by atoms with van der Waals surface area (Å²) in [4.78, 5) is 15.0. The number of hydrogen-bond acceptors (Lipinski definition) is 4. The van der Waals surface area contributed by atoms with Crippen LogP contribution in [0.1, 0.15) is 10.4 Å². The van der Waals surface area contributed by atoms with Gasteiger partial charge in [0.2, 0.25) is 5.91 Å². The summed E-state index contributed by atoms with van der Waals surface area (Å²) in [7, 11) is 0. The third-order valence-electron chi connectivity index (χ3n) is 1.39. The number of hydrogen-bond donors (Lipinski definition) is 1. The van der Waals surface area contributed by atoms with Gasteiger partial charge < -0.3 is 5.32 Å². The van der Waals surface area contributed by atoms with Crippen LogP contribution >= 0.6 is 39.0 Å². The molecule has 64 valence electrons. The molecule has 2 rings (SSSR count). The van der Waals surface area contributed by atoms with Crippen molar-refractivity contribution in [3.8, 4) is 0 Å². The van der Waals surface area contributed by atoms with Crippen LogP contribution in [0, 0.1) is 0 Å². The molecule has 1 saturated heterocycles. The third-order valence-corrected chi connectivity index (χ3v) is 4.19. The van der Waals surface area contributed by atoms with E-state index in [1.54, 1.807) is 29.3 Å². The van der Waals surface area contributed by atoms with Crippen molar-refractivity contribution in [1.29, 1.82) is 0 Å². The second kappa shape index (κ2) is 3.35. The molecule has 0 aromatic carbocycles. The minimum Gasteiger partial charge on any atom is -0.337 e. The topological polar surface area (TPSA) is 42.0 Å². The number of carbonyl (C=O) groups excluding carboxylic acids is 1. The summed E-state index contributed by atoms with van der Waals surface area (Å²) in [6, 6.07) is 0. The SMILES string of the molecule is O=C1CSC(c2ncc(Br)s2)N1. The standard InChI is InChI=1S/C6H5BrN2OS2/c7-3-1-8-5(12-3)6-9-4(10)2-11-6/h1,6H,2H2,(H,9,10). The van der Waals surface area contributed by atoms with Crippen LogP contribution in [0.2, 0.25) is 0 Å².